The maximum absolute atomic E-state index is 13.5. The third-order valence-corrected chi connectivity index (χ3v) is 2.82. The summed E-state index contributed by atoms with van der Waals surface area (Å²) in [6.45, 7) is 9.76. The molecule has 4 heteroatoms. The van der Waals surface area contributed by atoms with Gasteiger partial charge in [0.15, 0.2) is 0 Å². The zero-order chi connectivity index (χ0) is 13.8. The third-order valence-electron chi connectivity index (χ3n) is 2.59. The molecule has 1 aromatic carbocycles. The number of nitrogens with one attached hydrogen (secondary N) is 2. The van der Waals surface area contributed by atoms with Gasteiger partial charge >= 0.3 is 0 Å². The number of hydrogen-bond donors (Lipinski definition) is 2. The lowest BCUT2D eigenvalue weighted by Crippen LogP contribution is -2.44. The largest absolute Gasteiger partial charge is 0.311 e. The normalized spacial score (nSPS) is 13.7. The Bertz CT molecular complexity index is 388. The summed E-state index contributed by atoms with van der Waals surface area (Å²) < 4.78 is 13.5. The van der Waals surface area contributed by atoms with Crippen molar-refractivity contribution in [2.24, 2.45) is 0 Å². The van der Waals surface area contributed by atoms with E-state index in [1.54, 1.807) is 12.1 Å². The summed E-state index contributed by atoms with van der Waals surface area (Å²) in [6, 6.07) is 4.89. The molecule has 1 unspecified atom stereocenters. The van der Waals surface area contributed by atoms with Crippen LogP contribution in [0.4, 0.5) is 4.39 Å². The van der Waals surface area contributed by atoms with E-state index < -0.39 is 0 Å². The molecule has 0 bridgehead atoms. The Labute approximate surface area is 114 Å². The molecular formula is C14H22ClFN2. The van der Waals surface area contributed by atoms with Crippen molar-refractivity contribution in [3.05, 3.63) is 34.6 Å². The molecule has 0 aromatic heterocycles. The van der Waals surface area contributed by atoms with Crippen LogP contribution in [0.3, 0.4) is 0 Å². The van der Waals surface area contributed by atoms with E-state index in [1.165, 1.54) is 6.07 Å². The van der Waals surface area contributed by atoms with Crippen LogP contribution in [0, 0.1) is 5.82 Å². The fourth-order valence-corrected chi connectivity index (χ4v) is 1.69. The molecule has 0 heterocycles. The first-order valence-corrected chi connectivity index (χ1v) is 6.58. The third kappa shape index (κ3) is 5.80. The first-order valence-electron chi connectivity index (χ1n) is 6.20. The molecule has 1 rings (SSSR count). The summed E-state index contributed by atoms with van der Waals surface area (Å²) in [5.74, 6) is -0.220. The van der Waals surface area contributed by atoms with Gasteiger partial charge in [-0.05, 0) is 45.9 Å². The van der Waals surface area contributed by atoms with Crippen LogP contribution in [0.2, 0.25) is 5.02 Å². The number of halogens is 2. The van der Waals surface area contributed by atoms with Crippen molar-refractivity contribution in [3.63, 3.8) is 0 Å². The molecule has 0 amide bonds. The number of benzene rings is 1. The molecule has 1 atom stereocenters. The zero-order valence-electron chi connectivity index (χ0n) is 11.5. The van der Waals surface area contributed by atoms with E-state index in [0.717, 1.165) is 6.54 Å². The van der Waals surface area contributed by atoms with Gasteiger partial charge in [0.2, 0.25) is 0 Å². The van der Waals surface area contributed by atoms with Crippen LogP contribution in [-0.2, 0) is 6.54 Å². The predicted molar refractivity (Wildman–Crippen MR) is 75.5 cm³/mol. The Hall–Kier alpha value is -0.640. The van der Waals surface area contributed by atoms with E-state index in [1.807, 2.05) is 0 Å². The van der Waals surface area contributed by atoms with Gasteiger partial charge in [-0.1, -0.05) is 11.6 Å². The quantitative estimate of drug-likeness (QED) is 0.859. The van der Waals surface area contributed by atoms with Crippen molar-refractivity contribution in [2.45, 2.75) is 45.8 Å². The van der Waals surface area contributed by atoms with Gasteiger partial charge in [-0.15, -0.1) is 0 Å². The van der Waals surface area contributed by atoms with Crippen molar-refractivity contribution in [1.29, 1.82) is 0 Å². The summed E-state index contributed by atoms with van der Waals surface area (Å²) in [6.07, 6.45) is 0. The minimum Gasteiger partial charge on any atom is -0.311 e. The van der Waals surface area contributed by atoms with E-state index >= 15 is 0 Å². The highest BCUT2D eigenvalue weighted by molar-refractivity contribution is 6.30. The van der Waals surface area contributed by atoms with E-state index in [-0.39, 0.29) is 17.4 Å². The molecule has 0 saturated carbocycles. The fraction of sp³-hybridized carbons (Fsp3) is 0.571. The lowest BCUT2D eigenvalue weighted by Gasteiger charge is -2.24. The lowest BCUT2D eigenvalue weighted by atomic mass is 10.1. The molecule has 0 spiro atoms. The van der Waals surface area contributed by atoms with Gasteiger partial charge < -0.3 is 10.6 Å². The van der Waals surface area contributed by atoms with Crippen LogP contribution in [-0.4, -0.2) is 18.1 Å². The molecule has 0 saturated heterocycles. The lowest BCUT2D eigenvalue weighted by molar-refractivity contribution is 0.386. The standard InChI is InChI=1S/C14H22ClFN2/c1-10(8-18-14(2,3)4)17-9-11-7-12(15)5-6-13(11)16/h5-7,10,17-18H,8-9H2,1-4H3. The second-order valence-corrected chi connectivity index (χ2v) is 6.09. The summed E-state index contributed by atoms with van der Waals surface area (Å²) in [5.41, 5.74) is 0.696. The van der Waals surface area contributed by atoms with Crippen LogP contribution < -0.4 is 10.6 Å². The first-order chi connectivity index (χ1) is 8.28. The van der Waals surface area contributed by atoms with E-state index in [4.69, 9.17) is 11.6 Å². The molecular weight excluding hydrogens is 251 g/mol. The van der Waals surface area contributed by atoms with Crippen molar-refractivity contribution in [1.82, 2.24) is 10.6 Å². The first kappa shape index (κ1) is 15.4. The molecule has 18 heavy (non-hydrogen) atoms. The zero-order valence-corrected chi connectivity index (χ0v) is 12.2. The Kier molecular flexibility index (Phi) is 5.57. The van der Waals surface area contributed by atoms with Gasteiger partial charge in [-0.3, -0.25) is 0 Å². The highest BCUT2D eigenvalue weighted by Gasteiger charge is 2.11. The molecule has 0 fully saturated rings. The second-order valence-electron chi connectivity index (χ2n) is 5.65. The van der Waals surface area contributed by atoms with Crippen molar-refractivity contribution in [3.8, 4) is 0 Å². The molecule has 102 valence electrons. The summed E-state index contributed by atoms with van der Waals surface area (Å²) in [5, 5.41) is 7.24. The van der Waals surface area contributed by atoms with Crippen LogP contribution >= 0.6 is 11.6 Å². The van der Waals surface area contributed by atoms with Gasteiger partial charge in [-0.2, -0.15) is 0 Å². The van der Waals surface area contributed by atoms with Gasteiger partial charge in [0.25, 0.3) is 0 Å². The monoisotopic (exact) mass is 272 g/mol. The summed E-state index contributed by atoms with van der Waals surface area (Å²) in [7, 11) is 0. The minimum absolute atomic E-state index is 0.0945. The Morgan fingerprint density at radius 1 is 1.33 bits per heavy atom. The van der Waals surface area contributed by atoms with Crippen LogP contribution in [0.25, 0.3) is 0 Å². The summed E-state index contributed by atoms with van der Waals surface area (Å²) >= 11 is 5.85. The average Bonchev–Trinajstić information content (AvgIpc) is 2.26. The maximum atomic E-state index is 13.5. The van der Waals surface area contributed by atoms with Crippen molar-refractivity contribution >= 4 is 11.6 Å². The smallest absolute Gasteiger partial charge is 0.127 e. The van der Waals surface area contributed by atoms with E-state index in [9.17, 15) is 4.39 Å². The molecule has 0 aliphatic rings. The Morgan fingerprint density at radius 3 is 2.61 bits per heavy atom. The predicted octanol–water partition coefficient (Wildman–Crippen LogP) is 3.35. The second kappa shape index (κ2) is 6.50. The highest BCUT2D eigenvalue weighted by atomic mass is 35.5. The summed E-state index contributed by atoms with van der Waals surface area (Å²) in [4.78, 5) is 0. The van der Waals surface area contributed by atoms with E-state index in [2.05, 4.69) is 38.3 Å². The van der Waals surface area contributed by atoms with E-state index in [0.29, 0.717) is 17.1 Å². The van der Waals surface area contributed by atoms with Crippen LogP contribution in [0.1, 0.15) is 33.3 Å². The Balaban J connectivity index is 2.42. The molecule has 1 aromatic rings. The highest BCUT2D eigenvalue weighted by Crippen LogP contribution is 2.14. The fourth-order valence-electron chi connectivity index (χ4n) is 1.49. The van der Waals surface area contributed by atoms with Gasteiger partial charge in [0.05, 0.1) is 0 Å². The molecule has 0 radical (unpaired) electrons. The minimum atomic E-state index is -0.220. The molecule has 2 N–H and O–H groups in total. The topological polar surface area (TPSA) is 24.1 Å². The van der Waals surface area contributed by atoms with Crippen LogP contribution in [0.15, 0.2) is 18.2 Å². The van der Waals surface area contributed by atoms with Gasteiger partial charge in [0, 0.05) is 35.3 Å². The molecule has 0 aliphatic carbocycles. The maximum Gasteiger partial charge on any atom is 0.127 e. The van der Waals surface area contributed by atoms with Crippen molar-refractivity contribution < 1.29 is 4.39 Å². The average molecular weight is 273 g/mol. The van der Waals surface area contributed by atoms with Gasteiger partial charge in [0.1, 0.15) is 5.82 Å². The van der Waals surface area contributed by atoms with Crippen LogP contribution in [0.5, 0.6) is 0 Å². The molecule has 0 aliphatic heterocycles. The SMILES string of the molecule is CC(CNC(C)(C)C)NCc1cc(Cl)ccc1F. The van der Waals surface area contributed by atoms with Crippen molar-refractivity contribution in [2.75, 3.05) is 6.54 Å². The molecule has 2 nitrogen and oxygen atoms in total. The Morgan fingerprint density at radius 2 is 2.00 bits per heavy atom. The van der Waals surface area contributed by atoms with Gasteiger partial charge in [-0.25, -0.2) is 4.39 Å². The number of rotatable bonds is 5. The number of hydrogen-bond acceptors (Lipinski definition) is 2.